The van der Waals surface area contributed by atoms with Gasteiger partial charge < -0.3 is 23.8 Å². The molecule has 0 aliphatic rings. The summed E-state index contributed by atoms with van der Waals surface area (Å²) in [5.41, 5.74) is 6.24. The first-order chi connectivity index (χ1) is 21.5. The molecule has 8 nitrogen and oxygen atoms in total. The molecule has 0 aliphatic heterocycles. The van der Waals surface area contributed by atoms with Crippen molar-refractivity contribution >= 4 is 22.9 Å². The monoisotopic (exact) mass is 611 g/mol. The Morgan fingerprint density at radius 2 is 1.38 bits per heavy atom. The third-order valence-electron chi connectivity index (χ3n) is 7.59. The fourth-order valence-corrected chi connectivity index (χ4v) is 4.94. The highest BCUT2D eigenvalue weighted by atomic mass is 16.5. The predicted molar refractivity (Wildman–Crippen MR) is 173 cm³/mol. The van der Waals surface area contributed by atoms with Crippen LogP contribution in [0, 0.1) is 32.6 Å². The van der Waals surface area contributed by atoms with Crippen LogP contribution >= 0.6 is 0 Å². The van der Waals surface area contributed by atoms with Gasteiger partial charge >= 0.3 is 11.9 Å². The second-order valence-corrected chi connectivity index (χ2v) is 11.6. The van der Waals surface area contributed by atoms with E-state index in [1.54, 1.807) is 13.8 Å². The Labute approximate surface area is 263 Å². The zero-order chi connectivity index (χ0) is 32.5. The van der Waals surface area contributed by atoms with Gasteiger partial charge in [0.25, 0.3) is 0 Å². The minimum absolute atomic E-state index is 0.383. The topological polar surface area (TPSA) is 123 Å². The smallest absolute Gasteiger partial charge is 0.306 e. The van der Waals surface area contributed by atoms with Crippen molar-refractivity contribution in [3.63, 3.8) is 0 Å². The quantitative estimate of drug-likeness (QED) is 0.147. The van der Waals surface area contributed by atoms with E-state index in [4.69, 9.17) is 23.8 Å². The summed E-state index contributed by atoms with van der Waals surface area (Å²) in [4.78, 5) is 26.1. The van der Waals surface area contributed by atoms with Gasteiger partial charge in [-0.15, -0.1) is 0 Å². The van der Waals surface area contributed by atoms with Crippen molar-refractivity contribution in [2.24, 2.45) is 11.8 Å². The summed E-state index contributed by atoms with van der Waals surface area (Å²) < 4.78 is 17.0. The van der Waals surface area contributed by atoms with E-state index in [0.29, 0.717) is 31.8 Å². The lowest BCUT2D eigenvalue weighted by molar-refractivity contribution is -0.142. The van der Waals surface area contributed by atoms with Crippen molar-refractivity contribution in [3.8, 4) is 5.75 Å². The van der Waals surface area contributed by atoms with Gasteiger partial charge in [0.15, 0.2) is 5.89 Å². The normalized spacial score (nSPS) is 12.3. The van der Waals surface area contributed by atoms with E-state index in [0.717, 1.165) is 51.5 Å². The molecule has 2 aromatic heterocycles. The van der Waals surface area contributed by atoms with Crippen molar-refractivity contribution < 1.29 is 33.4 Å². The molecule has 45 heavy (non-hydrogen) atoms. The van der Waals surface area contributed by atoms with E-state index in [-0.39, 0.29) is 11.8 Å². The predicted octanol–water partition coefficient (Wildman–Crippen LogP) is 7.77. The molecule has 3 aromatic carbocycles. The van der Waals surface area contributed by atoms with Gasteiger partial charge in [-0.05, 0) is 73.7 Å². The highest BCUT2D eigenvalue weighted by molar-refractivity contribution is 5.79. The Morgan fingerprint density at radius 3 is 1.98 bits per heavy atom. The minimum atomic E-state index is -0.779. The number of oxazole rings is 1. The molecule has 0 saturated carbocycles. The average Bonchev–Trinajstić information content (AvgIpc) is 3.55. The molecule has 2 atom stereocenters. The van der Waals surface area contributed by atoms with Gasteiger partial charge in [-0.2, -0.15) is 0 Å². The minimum Gasteiger partial charge on any atom is -0.493 e. The maximum atomic E-state index is 11.0. The molecule has 2 N–H and O–H groups in total. The largest absolute Gasteiger partial charge is 0.493 e. The molecule has 0 amide bonds. The number of hydrogen-bond acceptors (Lipinski definition) is 6. The standard InChI is InChI=1S/C20H20O3.C17H21NO4/c1-13-3-5-15(6-4-13)11-18-12-17-10-16(7-8-19(17)23-18)9-14(2)20(21)22;1-11(17(19)20)10-14-4-6-15(7-5-14)21-9-8-16-12(2)22-13(3)18-16/h3-8,10,12,14H,9,11H2,1-2H3,(H,21,22);4-7,11H,8-10H2,1-3H3,(H,19,20). The lowest BCUT2D eigenvalue weighted by atomic mass is 10.0. The summed E-state index contributed by atoms with van der Waals surface area (Å²) in [6.07, 6.45) is 2.51. The van der Waals surface area contributed by atoms with Crippen molar-refractivity contribution in [1.82, 2.24) is 4.98 Å². The van der Waals surface area contributed by atoms with Crippen molar-refractivity contribution in [2.75, 3.05) is 6.61 Å². The number of carboxylic acid groups (broad SMARTS) is 2. The van der Waals surface area contributed by atoms with Crippen molar-refractivity contribution in [1.29, 1.82) is 0 Å². The number of carboxylic acids is 2. The number of aryl methyl sites for hydroxylation is 3. The van der Waals surface area contributed by atoms with Crippen LogP contribution in [0.15, 0.2) is 81.6 Å². The molecule has 0 fully saturated rings. The molecule has 2 unspecified atom stereocenters. The Hall–Kier alpha value is -4.85. The molecule has 236 valence electrons. The lowest BCUT2D eigenvalue weighted by Crippen LogP contribution is -2.12. The van der Waals surface area contributed by atoms with Crippen LogP contribution in [0.4, 0.5) is 0 Å². The maximum Gasteiger partial charge on any atom is 0.306 e. The summed E-state index contributed by atoms with van der Waals surface area (Å²) in [7, 11) is 0. The number of aliphatic carboxylic acids is 2. The summed E-state index contributed by atoms with van der Waals surface area (Å²) in [5, 5.41) is 19.0. The van der Waals surface area contributed by atoms with Crippen LogP contribution in [-0.4, -0.2) is 33.7 Å². The number of hydrogen-bond donors (Lipinski definition) is 2. The van der Waals surface area contributed by atoms with Gasteiger partial charge in [0.05, 0.1) is 24.1 Å². The zero-order valence-corrected chi connectivity index (χ0v) is 26.5. The van der Waals surface area contributed by atoms with E-state index in [2.05, 4.69) is 36.2 Å². The van der Waals surface area contributed by atoms with Gasteiger partial charge in [0.2, 0.25) is 0 Å². The molecule has 0 bridgehead atoms. The number of fused-ring (bicyclic) bond motifs is 1. The molecular formula is C37H41NO7. The van der Waals surface area contributed by atoms with Crippen molar-refractivity contribution in [3.05, 3.63) is 118 Å². The second-order valence-electron chi connectivity index (χ2n) is 11.6. The first-order valence-electron chi connectivity index (χ1n) is 15.1. The summed E-state index contributed by atoms with van der Waals surface area (Å²) in [6, 6.07) is 23.9. The number of ether oxygens (including phenoxy) is 1. The molecule has 0 saturated heterocycles. The number of nitrogens with zero attached hydrogens (tertiary/aromatic N) is 1. The first kappa shape index (κ1) is 33.1. The van der Waals surface area contributed by atoms with Gasteiger partial charge in [-0.3, -0.25) is 9.59 Å². The van der Waals surface area contributed by atoms with Gasteiger partial charge in [-0.1, -0.05) is 61.9 Å². The van der Waals surface area contributed by atoms with Crippen LogP contribution in [0.25, 0.3) is 11.0 Å². The SMILES string of the molecule is Cc1ccc(Cc2cc3cc(CC(C)C(=O)O)ccc3o2)cc1.Cc1nc(CCOc2ccc(CC(C)C(=O)O)cc2)c(C)o1. The average molecular weight is 612 g/mol. The Bertz CT molecular complexity index is 1710. The fourth-order valence-electron chi connectivity index (χ4n) is 4.94. The summed E-state index contributed by atoms with van der Waals surface area (Å²) in [6.45, 7) is 9.75. The van der Waals surface area contributed by atoms with Crippen LogP contribution in [0.1, 0.15) is 59.2 Å². The highest BCUT2D eigenvalue weighted by Crippen LogP contribution is 2.24. The van der Waals surface area contributed by atoms with E-state index in [9.17, 15) is 9.59 Å². The van der Waals surface area contributed by atoms with Gasteiger partial charge in [0, 0.05) is 25.2 Å². The molecule has 2 heterocycles. The van der Waals surface area contributed by atoms with E-state index in [1.165, 1.54) is 11.1 Å². The maximum absolute atomic E-state index is 11.0. The third-order valence-corrected chi connectivity index (χ3v) is 7.59. The highest BCUT2D eigenvalue weighted by Gasteiger charge is 2.14. The lowest BCUT2D eigenvalue weighted by Gasteiger charge is -2.08. The molecule has 0 spiro atoms. The van der Waals surface area contributed by atoms with E-state index < -0.39 is 11.9 Å². The fraction of sp³-hybridized carbons (Fsp3) is 0.324. The summed E-state index contributed by atoms with van der Waals surface area (Å²) >= 11 is 0. The van der Waals surface area contributed by atoms with Crippen LogP contribution in [0.5, 0.6) is 5.75 Å². The number of aromatic nitrogens is 1. The van der Waals surface area contributed by atoms with Crippen LogP contribution in [0.2, 0.25) is 0 Å². The second kappa shape index (κ2) is 15.2. The van der Waals surface area contributed by atoms with Crippen LogP contribution in [0.3, 0.4) is 0 Å². The Kier molecular flexibility index (Phi) is 11.2. The third kappa shape index (κ3) is 9.83. The molecule has 5 aromatic rings. The summed E-state index contributed by atoms with van der Waals surface area (Å²) in [5.74, 6) is 0.882. The zero-order valence-electron chi connectivity index (χ0n) is 26.5. The number of carbonyl (C=O) groups is 2. The molecule has 0 radical (unpaired) electrons. The van der Waals surface area contributed by atoms with E-state index in [1.807, 2.05) is 62.4 Å². The van der Waals surface area contributed by atoms with E-state index >= 15 is 0 Å². The molecule has 5 rings (SSSR count). The molecular weight excluding hydrogens is 570 g/mol. The number of benzene rings is 3. The van der Waals surface area contributed by atoms with Gasteiger partial charge in [-0.25, -0.2) is 4.98 Å². The molecule has 0 aliphatic carbocycles. The van der Waals surface area contributed by atoms with Gasteiger partial charge in [0.1, 0.15) is 22.9 Å². The Balaban J connectivity index is 0.000000205. The van der Waals surface area contributed by atoms with Crippen LogP contribution in [-0.2, 0) is 35.3 Å². The number of rotatable bonds is 12. The first-order valence-corrected chi connectivity index (χ1v) is 15.1. The number of furan rings is 1. The van der Waals surface area contributed by atoms with Crippen LogP contribution < -0.4 is 4.74 Å². The van der Waals surface area contributed by atoms with Crippen molar-refractivity contribution in [2.45, 2.75) is 60.3 Å². The Morgan fingerprint density at radius 1 is 0.778 bits per heavy atom. The molecule has 8 heteroatoms.